The minimum atomic E-state index is -3.27. The number of rotatable bonds is 7. The Kier molecular flexibility index (Phi) is 11.0. The first-order valence-corrected chi connectivity index (χ1v) is 32.3. The molecule has 0 radical (unpaired) electrons. The molecule has 2 aliphatic heterocycles. The van der Waals surface area contributed by atoms with E-state index in [4.69, 9.17) is 9.97 Å². The Bertz CT molecular complexity index is 5340. The number of aromatic nitrogens is 3. The molecule has 3 unspecified atom stereocenters. The standard InChI is InChI=1S/C81H55N5Si/c1-52-45-56(47-61(46-52)85-74-31-14-10-26-63(74)64-27-11-15-32-75(64)85)55-37-40-68-71(48-55)73-51-83-44-42-70(73)81-79(68)86(60-24-18-23-59(49-60)84(57-21-6-3-7-22-57)58-38-35-54(36-39-58)53-19-4-2-5-20-53)78-67-30-9-8-25-62(67)72-50-82-43-41-69(72)80(78)87(81)76-33-16-12-28-65(76)66-29-13-17-34-77(66)87/h2-51,65,76H,1H3. The maximum atomic E-state index is 5.06. The maximum absolute atomic E-state index is 5.06. The van der Waals surface area contributed by atoms with Gasteiger partial charge < -0.3 is 14.4 Å². The van der Waals surface area contributed by atoms with E-state index in [9.17, 15) is 0 Å². The predicted molar refractivity (Wildman–Crippen MR) is 367 cm³/mol. The summed E-state index contributed by atoms with van der Waals surface area (Å²) < 4.78 is 2.44. The van der Waals surface area contributed by atoms with Crippen LogP contribution in [-0.4, -0.2) is 22.6 Å². The van der Waals surface area contributed by atoms with Crippen molar-refractivity contribution in [2.75, 3.05) is 9.80 Å². The number of hydrogen-bond acceptors (Lipinski definition) is 4. The number of benzene rings is 12. The molecule has 3 atom stereocenters. The molecule has 3 aromatic heterocycles. The first-order valence-electron chi connectivity index (χ1n) is 30.2. The van der Waals surface area contributed by atoms with Gasteiger partial charge >= 0.3 is 0 Å². The van der Waals surface area contributed by atoms with Gasteiger partial charge in [-0.25, -0.2) is 0 Å². The van der Waals surface area contributed by atoms with E-state index < -0.39 is 8.07 Å². The summed E-state index contributed by atoms with van der Waals surface area (Å²) in [5.74, 6) is 0.185. The van der Waals surface area contributed by atoms with Crippen LogP contribution in [0.15, 0.2) is 304 Å². The van der Waals surface area contributed by atoms with Crippen LogP contribution in [0.2, 0.25) is 5.54 Å². The van der Waals surface area contributed by atoms with Gasteiger partial charge in [-0.15, -0.1) is 0 Å². The Morgan fingerprint density at radius 1 is 0.379 bits per heavy atom. The summed E-state index contributed by atoms with van der Waals surface area (Å²) in [6.45, 7) is 2.23. The summed E-state index contributed by atoms with van der Waals surface area (Å²) in [6.07, 6.45) is 18.0. The molecule has 0 bridgehead atoms. The molecule has 0 amide bonds. The fourth-order valence-electron chi connectivity index (χ4n) is 15.7. The third kappa shape index (κ3) is 7.26. The number of aryl methyl sites for hydroxylation is 1. The van der Waals surface area contributed by atoms with Crippen LogP contribution in [0.3, 0.4) is 0 Å². The highest BCUT2D eigenvalue weighted by atomic mass is 28.3. The molecule has 6 heteroatoms. The molecular formula is C81H55N5Si. The van der Waals surface area contributed by atoms with E-state index in [0.29, 0.717) is 0 Å². The molecule has 408 valence electrons. The topological polar surface area (TPSA) is 37.2 Å². The van der Waals surface area contributed by atoms with Crippen molar-refractivity contribution in [2.24, 2.45) is 0 Å². The summed E-state index contributed by atoms with van der Waals surface area (Å²) >= 11 is 0. The van der Waals surface area contributed by atoms with Crippen molar-refractivity contribution in [1.82, 2.24) is 14.5 Å². The van der Waals surface area contributed by atoms with Crippen LogP contribution in [-0.2, 0) is 0 Å². The van der Waals surface area contributed by atoms with E-state index in [1.54, 1.807) is 0 Å². The second-order valence-electron chi connectivity index (χ2n) is 23.7. The average Bonchev–Trinajstić information content (AvgIpc) is 1.64. The van der Waals surface area contributed by atoms with Crippen LogP contribution in [0.4, 0.5) is 34.1 Å². The zero-order valence-electron chi connectivity index (χ0n) is 47.8. The van der Waals surface area contributed by atoms with Crippen molar-refractivity contribution >= 4 is 123 Å². The van der Waals surface area contributed by atoms with Crippen molar-refractivity contribution < 1.29 is 0 Å². The number of pyridine rings is 2. The molecule has 5 nitrogen and oxygen atoms in total. The molecule has 0 fully saturated rings. The monoisotopic (exact) mass is 1130 g/mol. The number of anilines is 6. The quantitative estimate of drug-likeness (QED) is 0.118. The van der Waals surface area contributed by atoms with Crippen molar-refractivity contribution in [3.63, 3.8) is 0 Å². The van der Waals surface area contributed by atoms with Crippen LogP contribution in [0.1, 0.15) is 17.0 Å². The van der Waals surface area contributed by atoms with Gasteiger partial charge in [-0.3, -0.25) is 9.97 Å². The number of hydrogen-bond donors (Lipinski definition) is 0. The lowest BCUT2D eigenvalue weighted by Gasteiger charge is -2.48. The Labute approximate surface area is 505 Å². The van der Waals surface area contributed by atoms with E-state index in [2.05, 4.69) is 313 Å². The number of para-hydroxylation sites is 3. The summed E-state index contributed by atoms with van der Waals surface area (Å²) in [4.78, 5) is 15.1. The van der Waals surface area contributed by atoms with Crippen LogP contribution in [0.5, 0.6) is 0 Å². The van der Waals surface area contributed by atoms with Crippen molar-refractivity contribution in [3.8, 4) is 27.9 Å². The van der Waals surface area contributed by atoms with Gasteiger partial charge in [0.15, 0.2) is 8.07 Å². The Balaban J connectivity index is 0.952. The lowest BCUT2D eigenvalue weighted by molar-refractivity contribution is 0.862. The van der Waals surface area contributed by atoms with Gasteiger partial charge in [0.05, 0.1) is 22.4 Å². The molecule has 5 heterocycles. The third-order valence-electron chi connectivity index (χ3n) is 19.1. The minimum absolute atomic E-state index is 0.162. The summed E-state index contributed by atoms with van der Waals surface area (Å²) in [7, 11) is -3.27. The molecule has 15 aromatic rings. The fourth-order valence-corrected chi connectivity index (χ4v) is 22.4. The SMILES string of the molecule is Cc1cc(-c2ccc3c4c(c5ccncc5c3c2)[Si]2(c3ccccc3C3C=CC=CC32)c2c(c3ccccc3c3cnccc23)N4c2cccc(N(c3ccccc3)c3ccc(-c4ccccc4)cc3)c2)cc(-n2c3ccccc3c3ccccc32)c1. The van der Waals surface area contributed by atoms with E-state index in [-0.39, 0.29) is 11.5 Å². The molecule has 0 saturated carbocycles. The van der Waals surface area contributed by atoms with Crippen molar-refractivity contribution in [2.45, 2.75) is 18.4 Å². The molecule has 87 heavy (non-hydrogen) atoms. The zero-order valence-corrected chi connectivity index (χ0v) is 48.8. The molecule has 1 spiro atoms. The molecule has 0 saturated heterocycles. The van der Waals surface area contributed by atoms with Gasteiger partial charge in [0.2, 0.25) is 0 Å². The number of fused-ring (bicyclic) bond motifs is 22. The second-order valence-corrected chi connectivity index (χ2v) is 27.5. The highest BCUT2D eigenvalue weighted by molar-refractivity contribution is 7.18. The second kappa shape index (κ2) is 19.3. The largest absolute Gasteiger partial charge is 0.310 e. The van der Waals surface area contributed by atoms with E-state index in [1.807, 2.05) is 12.4 Å². The summed E-state index contributed by atoms with van der Waals surface area (Å²) in [5, 5.41) is 16.4. The number of nitrogens with zero attached hydrogens (tertiary/aromatic N) is 5. The van der Waals surface area contributed by atoms with Crippen molar-refractivity contribution in [3.05, 3.63) is 315 Å². The van der Waals surface area contributed by atoms with E-state index in [0.717, 1.165) is 39.4 Å². The van der Waals surface area contributed by atoms with E-state index in [1.165, 1.54) is 114 Å². The summed E-state index contributed by atoms with van der Waals surface area (Å²) in [5.41, 5.74) is 17.8. The predicted octanol–water partition coefficient (Wildman–Crippen LogP) is 19.1. The van der Waals surface area contributed by atoms with Gasteiger partial charge in [-0.05, 0) is 168 Å². The molecule has 12 aromatic carbocycles. The van der Waals surface area contributed by atoms with Gasteiger partial charge in [0, 0.05) is 91.5 Å². The Morgan fingerprint density at radius 3 is 1.69 bits per heavy atom. The lowest BCUT2D eigenvalue weighted by atomic mass is 9.93. The molecular weight excluding hydrogens is 1070 g/mol. The Hall–Kier alpha value is -10.9. The van der Waals surface area contributed by atoms with Gasteiger partial charge in [-0.1, -0.05) is 194 Å². The van der Waals surface area contributed by atoms with Crippen LogP contribution >= 0.6 is 0 Å². The van der Waals surface area contributed by atoms with Crippen LogP contribution in [0.25, 0.3) is 92.8 Å². The lowest BCUT2D eigenvalue weighted by Crippen LogP contribution is -2.71. The highest BCUT2D eigenvalue weighted by Crippen LogP contribution is 2.57. The highest BCUT2D eigenvalue weighted by Gasteiger charge is 2.61. The maximum Gasteiger partial charge on any atom is 0.163 e. The number of allylic oxidation sites excluding steroid dienone is 4. The summed E-state index contributed by atoms with van der Waals surface area (Å²) in [6, 6.07) is 95.1. The van der Waals surface area contributed by atoms with Gasteiger partial charge in [0.25, 0.3) is 0 Å². The molecule has 3 aliphatic rings. The smallest absolute Gasteiger partial charge is 0.163 e. The first-order chi connectivity index (χ1) is 43.1. The molecule has 1 aliphatic carbocycles. The average molecular weight is 1130 g/mol. The normalized spacial score (nSPS) is 16.5. The van der Waals surface area contributed by atoms with Gasteiger partial charge in [-0.2, -0.15) is 0 Å². The van der Waals surface area contributed by atoms with Crippen LogP contribution in [0, 0.1) is 6.92 Å². The minimum Gasteiger partial charge on any atom is -0.310 e. The Morgan fingerprint density at radius 2 is 0.954 bits per heavy atom. The van der Waals surface area contributed by atoms with Gasteiger partial charge in [0.1, 0.15) is 0 Å². The first kappa shape index (κ1) is 49.5. The molecule has 0 N–H and O–H groups in total. The van der Waals surface area contributed by atoms with Crippen LogP contribution < -0.4 is 25.4 Å². The van der Waals surface area contributed by atoms with Crippen molar-refractivity contribution in [1.29, 1.82) is 0 Å². The molecule has 18 rings (SSSR count). The zero-order chi connectivity index (χ0) is 57.3. The van der Waals surface area contributed by atoms with E-state index >= 15 is 0 Å². The third-order valence-corrected chi connectivity index (χ3v) is 24.6. The fraction of sp³-hybridized carbons (Fsp3) is 0.0370.